The van der Waals surface area contributed by atoms with Crippen LogP contribution in [0.5, 0.6) is 0 Å². The second-order valence-corrected chi connectivity index (χ2v) is 3.64. The maximum absolute atomic E-state index is 10.8. The highest BCUT2D eigenvalue weighted by molar-refractivity contribution is 5.66. The molecule has 98 valence electrons. The molecule has 0 radical (unpaired) electrons. The number of hydrogen-bond donors (Lipinski definition) is 1. The Bertz CT molecular complexity index is 290. The third-order valence-electron chi connectivity index (χ3n) is 2.31. The molecule has 7 heteroatoms. The van der Waals surface area contributed by atoms with Crippen LogP contribution in [0, 0.1) is 0 Å². The highest BCUT2D eigenvalue weighted by atomic mass is 16.7. The van der Waals surface area contributed by atoms with E-state index < -0.39 is 36.5 Å². The molecule has 0 aliphatic carbocycles. The number of esters is 2. The van der Waals surface area contributed by atoms with Gasteiger partial charge >= 0.3 is 11.9 Å². The molecule has 1 aliphatic rings. The summed E-state index contributed by atoms with van der Waals surface area (Å²) in [6, 6.07) is 0. The molecule has 0 saturated carbocycles. The zero-order valence-electron chi connectivity index (χ0n) is 9.91. The Morgan fingerprint density at radius 2 is 1.88 bits per heavy atom. The molecule has 1 rings (SSSR count). The fourth-order valence-corrected chi connectivity index (χ4v) is 1.64. The zero-order valence-corrected chi connectivity index (χ0v) is 9.91. The smallest absolute Gasteiger partial charge is 0.303 e. The summed E-state index contributed by atoms with van der Waals surface area (Å²) < 4.78 is 19.8. The lowest BCUT2D eigenvalue weighted by molar-refractivity contribution is -0.172. The number of rotatable bonds is 4. The van der Waals surface area contributed by atoms with Crippen molar-refractivity contribution in [2.75, 3.05) is 13.7 Å². The topological polar surface area (TPSA) is 91.3 Å². The van der Waals surface area contributed by atoms with Crippen molar-refractivity contribution < 1.29 is 33.6 Å². The third kappa shape index (κ3) is 3.65. The SMILES string of the molecule is CO[C@H]1[C@@H](COC(C)=O)OC(O)[C@@H]1OC(C)=O. The first-order chi connectivity index (χ1) is 7.95. The maximum Gasteiger partial charge on any atom is 0.303 e. The van der Waals surface area contributed by atoms with E-state index in [0.717, 1.165) is 0 Å². The van der Waals surface area contributed by atoms with Gasteiger partial charge in [-0.05, 0) is 0 Å². The van der Waals surface area contributed by atoms with Gasteiger partial charge in [0.05, 0.1) is 0 Å². The van der Waals surface area contributed by atoms with Crippen LogP contribution in [0.1, 0.15) is 13.8 Å². The minimum atomic E-state index is -1.29. The highest BCUT2D eigenvalue weighted by Crippen LogP contribution is 2.25. The molecule has 0 bridgehead atoms. The Kier molecular flexibility index (Phi) is 4.86. The standard InChI is InChI=1S/C10H16O7/c1-5(11)15-4-7-8(14-3)9(10(13)17-7)16-6(2)12/h7-10,13H,4H2,1-3H3/t7-,8+,9-,10?/m1/s1. The molecule has 1 aliphatic heterocycles. The van der Waals surface area contributed by atoms with Gasteiger partial charge in [0.25, 0.3) is 0 Å². The molecule has 0 spiro atoms. The van der Waals surface area contributed by atoms with Crippen LogP contribution in [0.4, 0.5) is 0 Å². The van der Waals surface area contributed by atoms with Gasteiger partial charge in [-0.25, -0.2) is 0 Å². The fourth-order valence-electron chi connectivity index (χ4n) is 1.64. The van der Waals surface area contributed by atoms with Crippen LogP contribution < -0.4 is 0 Å². The van der Waals surface area contributed by atoms with Gasteiger partial charge in [-0.2, -0.15) is 0 Å². The van der Waals surface area contributed by atoms with Crippen molar-refractivity contribution in [1.29, 1.82) is 0 Å². The van der Waals surface area contributed by atoms with Crippen molar-refractivity contribution in [3.05, 3.63) is 0 Å². The largest absolute Gasteiger partial charge is 0.463 e. The van der Waals surface area contributed by atoms with E-state index in [1.165, 1.54) is 21.0 Å². The summed E-state index contributed by atoms with van der Waals surface area (Å²) in [5.74, 6) is -1.01. The van der Waals surface area contributed by atoms with Gasteiger partial charge in [-0.3, -0.25) is 9.59 Å². The van der Waals surface area contributed by atoms with Crippen LogP contribution in [-0.2, 0) is 28.5 Å². The van der Waals surface area contributed by atoms with Crippen LogP contribution in [-0.4, -0.2) is 55.4 Å². The minimum absolute atomic E-state index is 0.0668. The lowest BCUT2D eigenvalue weighted by atomic mass is 10.1. The average Bonchev–Trinajstić information content (AvgIpc) is 2.51. The Hall–Kier alpha value is -1.18. The quantitative estimate of drug-likeness (QED) is 0.652. The van der Waals surface area contributed by atoms with E-state index in [1.807, 2.05) is 0 Å². The van der Waals surface area contributed by atoms with Crippen LogP contribution in [0.3, 0.4) is 0 Å². The van der Waals surface area contributed by atoms with E-state index in [9.17, 15) is 14.7 Å². The second-order valence-electron chi connectivity index (χ2n) is 3.64. The average molecular weight is 248 g/mol. The number of hydrogen-bond acceptors (Lipinski definition) is 7. The van der Waals surface area contributed by atoms with Crippen molar-refractivity contribution in [2.24, 2.45) is 0 Å². The van der Waals surface area contributed by atoms with Gasteiger partial charge in [0.15, 0.2) is 12.4 Å². The molecule has 0 aromatic heterocycles. The van der Waals surface area contributed by atoms with Gasteiger partial charge in [0.1, 0.15) is 18.8 Å². The van der Waals surface area contributed by atoms with E-state index in [-0.39, 0.29) is 6.61 Å². The number of aliphatic hydroxyl groups excluding tert-OH is 1. The summed E-state index contributed by atoms with van der Waals surface area (Å²) >= 11 is 0. The molecule has 7 nitrogen and oxygen atoms in total. The van der Waals surface area contributed by atoms with E-state index >= 15 is 0 Å². The molecule has 1 fully saturated rings. The summed E-state index contributed by atoms with van der Waals surface area (Å²) in [7, 11) is 1.39. The van der Waals surface area contributed by atoms with Gasteiger partial charge in [-0.15, -0.1) is 0 Å². The van der Waals surface area contributed by atoms with Crippen LogP contribution in [0.2, 0.25) is 0 Å². The molecule has 1 heterocycles. The van der Waals surface area contributed by atoms with E-state index in [1.54, 1.807) is 0 Å². The molecular weight excluding hydrogens is 232 g/mol. The normalized spacial score (nSPS) is 32.2. The minimum Gasteiger partial charge on any atom is -0.463 e. The van der Waals surface area contributed by atoms with Gasteiger partial charge in [0, 0.05) is 21.0 Å². The van der Waals surface area contributed by atoms with E-state index in [0.29, 0.717) is 0 Å². The number of carbonyl (C=O) groups excluding carboxylic acids is 2. The number of carbonyl (C=O) groups is 2. The first-order valence-electron chi connectivity index (χ1n) is 5.12. The first kappa shape index (κ1) is 13.9. The van der Waals surface area contributed by atoms with E-state index in [4.69, 9.17) is 18.9 Å². The fraction of sp³-hybridized carbons (Fsp3) is 0.800. The Morgan fingerprint density at radius 1 is 1.24 bits per heavy atom. The summed E-state index contributed by atoms with van der Waals surface area (Å²) in [4.78, 5) is 21.5. The second kappa shape index (κ2) is 5.95. The Labute approximate surface area is 98.6 Å². The molecule has 4 atom stereocenters. The molecule has 0 aromatic rings. The monoisotopic (exact) mass is 248 g/mol. The maximum atomic E-state index is 10.8. The Morgan fingerprint density at radius 3 is 2.35 bits per heavy atom. The first-order valence-corrected chi connectivity index (χ1v) is 5.12. The molecular formula is C10H16O7. The number of ether oxygens (including phenoxy) is 4. The molecule has 0 amide bonds. The van der Waals surface area contributed by atoms with Crippen molar-refractivity contribution >= 4 is 11.9 Å². The molecule has 1 N–H and O–H groups in total. The zero-order chi connectivity index (χ0) is 13.0. The number of aliphatic hydroxyl groups is 1. The lowest BCUT2D eigenvalue weighted by Gasteiger charge is -2.20. The van der Waals surface area contributed by atoms with E-state index in [2.05, 4.69) is 0 Å². The van der Waals surface area contributed by atoms with Crippen molar-refractivity contribution in [2.45, 2.75) is 38.4 Å². The van der Waals surface area contributed by atoms with Crippen molar-refractivity contribution in [3.63, 3.8) is 0 Å². The number of methoxy groups -OCH3 is 1. The summed E-state index contributed by atoms with van der Waals surface area (Å²) in [5.41, 5.74) is 0. The van der Waals surface area contributed by atoms with Crippen LogP contribution in [0.15, 0.2) is 0 Å². The van der Waals surface area contributed by atoms with Crippen molar-refractivity contribution in [1.82, 2.24) is 0 Å². The van der Waals surface area contributed by atoms with Crippen molar-refractivity contribution in [3.8, 4) is 0 Å². The molecule has 1 saturated heterocycles. The van der Waals surface area contributed by atoms with Gasteiger partial charge in [-0.1, -0.05) is 0 Å². The molecule has 17 heavy (non-hydrogen) atoms. The lowest BCUT2D eigenvalue weighted by Crippen LogP contribution is -2.39. The summed E-state index contributed by atoms with van der Waals surface area (Å²) in [6.45, 7) is 2.41. The Balaban J connectivity index is 2.62. The predicted molar refractivity (Wildman–Crippen MR) is 53.9 cm³/mol. The van der Waals surface area contributed by atoms with Gasteiger partial charge < -0.3 is 24.1 Å². The third-order valence-corrected chi connectivity index (χ3v) is 2.31. The predicted octanol–water partition coefficient (Wildman–Crippen LogP) is -0.787. The summed E-state index contributed by atoms with van der Waals surface area (Å²) in [5, 5.41) is 9.56. The highest BCUT2D eigenvalue weighted by Gasteiger charge is 2.47. The van der Waals surface area contributed by atoms with Crippen LogP contribution >= 0.6 is 0 Å². The molecule has 1 unspecified atom stereocenters. The van der Waals surface area contributed by atoms with Crippen LogP contribution in [0.25, 0.3) is 0 Å². The molecule has 0 aromatic carbocycles. The van der Waals surface area contributed by atoms with Gasteiger partial charge in [0.2, 0.25) is 0 Å². The summed E-state index contributed by atoms with van der Waals surface area (Å²) in [6.07, 6.45) is -3.54.